The molecule has 0 aromatic carbocycles. The zero-order valence-corrected chi connectivity index (χ0v) is 13.3. The number of hydrogen-bond acceptors (Lipinski definition) is 5. The predicted octanol–water partition coefficient (Wildman–Crippen LogP) is 1.21. The summed E-state index contributed by atoms with van der Waals surface area (Å²) in [6.07, 6.45) is 7.12. The fraction of sp³-hybridized carbons (Fsp3) is 0.706. The van der Waals surface area contributed by atoms with Gasteiger partial charge < -0.3 is 15.3 Å². The third-order valence-electron chi connectivity index (χ3n) is 5.10. The second kappa shape index (κ2) is 6.07. The van der Waals surface area contributed by atoms with Crippen molar-refractivity contribution in [1.29, 1.82) is 0 Å². The number of carbonyl (C=O) groups is 1. The van der Waals surface area contributed by atoms with Crippen molar-refractivity contribution in [2.75, 3.05) is 18.0 Å². The molecular weight excluding hydrogens is 292 g/mol. The van der Waals surface area contributed by atoms with Gasteiger partial charge in [-0.25, -0.2) is 9.97 Å². The molecule has 6 heteroatoms. The first-order chi connectivity index (χ1) is 11.2. The first-order valence-corrected chi connectivity index (χ1v) is 8.77. The number of nitrogens with one attached hydrogen (secondary N) is 1. The molecule has 2 saturated carbocycles. The lowest BCUT2D eigenvalue weighted by Crippen LogP contribution is -2.45. The van der Waals surface area contributed by atoms with Crippen LogP contribution in [-0.2, 0) is 4.79 Å². The zero-order valence-electron chi connectivity index (χ0n) is 13.3. The van der Waals surface area contributed by atoms with Crippen molar-refractivity contribution in [1.82, 2.24) is 15.3 Å². The van der Waals surface area contributed by atoms with E-state index in [1.807, 2.05) is 12.3 Å². The highest BCUT2D eigenvalue weighted by molar-refractivity contribution is 5.81. The summed E-state index contributed by atoms with van der Waals surface area (Å²) >= 11 is 0. The quantitative estimate of drug-likeness (QED) is 0.854. The molecule has 2 aliphatic carbocycles. The van der Waals surface area contributed by atoms with Crippen LogP contribution in [0.5, 0.6) is 0 Å². The van der Waals surface area contributed by atoms with Gasteiger partial charge in [0.05, 0.1) is 0 Å². The van der Waals surface area contributed by atoms with Crippen molar-refractivity contribution in [2.24, 2.45) is 5.92 Å². The van der Waals surface area contributed by atoms with E-state index in [1.54, 1.807) is 0 Å². The van der Waals surface area contributed by atoms with Gasteiger partial charge >= 0.3 is 0 Å². The van der Waals surface area contributed by atoms with E-state index in [-0.39, 0.29) is 11.8 Å². The SMILES string of the molecule is O=C(NC1CC1)[C@@H](O)C1CCN(c2ccnc(C3CC3)n2)CC1. The van der Waals surface area contributed by atoms with E-state index in [0.717, 1.165) is 50.4 Å². The number of piperidine rings is 1. The number of amides is 1. The molecular formula is C17H24N4O2. The molecule has 2 heterocycles. The van der Waals surface area contributed by atoms with Crippen LogP contribution < -0.4 is 10.2 Å². The normalized spacial score (nSPS) is 23.6. The average molecular weight is 316 g/mol. The molecule has 1 aromatic rings. The van der Waals surface area contributed by atoms with Gasteiger partial charge in [-0.1, -0.05) is 0 Å². The van der Waals surface area contributed by atoms with E-state index in [2.05, 4.69) is 20.2 Å². The van der Waals surface area contributed by atoms with E-state index in [4.69, 9.17) is 0 Å². The molecule has 2 N–H and O–H groups in total. The Morgan fingerprint density at radius 1 is 1.22 bits per heavy atom. The lowest BCUT2D eigenvalue weighted by Gasteiger charge is -2.34. The Balaban J connectivity index is 1.33. The summed E-state index contributed by atoms with van der Waals surface area (Å²) in [4.78, 5) is 23.3. The summed E-state index contributed by atoms with van der Waals surface area (Å²) in [7, 11) is 0. The Bertz CT molecular complexity index is 578. The number of aliphatic hydroxyl groups is 1. The Kier molecular flexibility index (Phi) is 3.93. The van der Waals surface area contributed by atoms with Gasteiger partial charge in [0.1, 0.15) is 17.7 Å². The molecule has 1 amide bonds. The number of carbonyl (C=O) groups excluding carboxylic acids is 1. The molecule has 0 bridgehead atoms. The van der Waals surface area contributed by atoms with Crippen LogP contribution in [0, 0.1) is 5.92 Å². The predicted molar refractivity (Wildman–Crippen MR) is 86.1 cm³/mol. The van der Waals surface area contributed by atoms with Crippen LogP contribution in [0.1, 0.15) is 50.3 Å². The summed E-state index contributed by atoms with van der Waals surface area (Å²) in [5.41, 5.74) is 0. The Hall–Kier alpha value is -1.69. The van der Waals surface area contributed by atoms with Crippen LogP contribution in [0.15, 0.2) is 12.3 Å². The van der Waals surface area contributed by atoms with Gasteiger partial charge in [0, 0.05) is 31.2 Å². The van der Waals surface area contributed by atoms with E-state index >= 15 is 0 Å². The molecule has 1 atom stereocenters. The monoisotopic (exact) mass is 316 g/mol. The summed E-state index contributed by atoms with van der Waals surface area (Å²) in [6, 6.07) is 2.27. The second-order valence-corrected chi connectivity index (χ2v) is 7.10. The number of aromatic nitrogens is 2. The maximum absolute atomic E-state index is 12.0. The van der Waals surface area contributed by atoms with Crippen molar-refractivity contribution < 1.29 is 9.90 Å². The largest absolute Gasteiger partial charge is 0.383 e. The minimum atomic E-state index is -0.870. The first-order valence-electron chi connectivity index (χ1n) is 8.77. The van der Waals surface area contributed by atoms with Crippen molar-refractivity contribution in [2.45, 2.75) is 56.6 Å². The minimum absolute atomic E-state index is 0.0507. The Morgan fingerprint density at radius 3 is 2.61 bits per heavy atom. The molecule has 4 rings (SSSR count). The van der Waals surface area contributed by atoms with Crippen LogP contribution in [0.25, 0.3) is 0 Å². The molecule has 124 valence electrons. The highest BCUT2D eigenvalue weighted by Crippen LogP contribution is 2.38. The minimum Gasteiger partial charge on any atom is -0.383 e. The van der Waals surface area contributed by atoms with Crippen molar-refractivity contribution >= 4 is 11.7 Å². The maximum atomic E-state index is 12.0. The molecule has 23 heavy (non-hydrogen) atoms. The van der Waals surface area contributed by atoms with Crippen LogP contribution in [0.4, 0.5) is 5.82 Å². The second-order valence-electron chi connectivity index (χ2n) is 7.10. The number of aliphatic hydroxyl groups excluding tert-OH is 1. The molecule has 1 saturated heterocycles. The van der Waals surface area contributed by atoms with Crippen molar-refractivity contribution in [3.8, 4) is 0 Å². The average Bonchev–Trinajstić information content (AvgIpc) is 3.48. The van der Waals surface area contributed by atoms with Crippen LogP contribution >= 0.6 is 0 Å². The molecule has 0 unspecified atom stereocenters. The lowest BCUT2D eigenvalue weighted by molar-refractivity contribution is -0.132. The van der Waals surface area contributed by atoms with E-state index < -0.39 is 6.10 Å². The summed E-state index contributed by atoms with van der Waals surface area (Å²) in [6.45, 7) is 1.67. The highest BCUT2D eigenvalue weighted by atomic mass is 16.3. The first kappa shape index (κ1) is 14.9. The number of anilines is 1. The van der Waals surface area contributed by atoms with Gasteiger partial charge in [0.25, 0.3) is 0 Å². The molecule has 0 radical (unpaired) electrons. The van der Waals surface area contributed by atoms with Crippen LogP contribution in [0.3, 0.4) is 0 Å². The van der Waals surface area contributed by atoms with Crippen molar-refractivity contribution in [3.05, 3.63) is 18.1 Å². The van der Waals surface area contributed by atoms with Gasteiger partial charge in [-0.15, -0.1) is 0 Å². The highest BCUT2D eigenvalue weighted by Gasteiger charge is 2.33. The lowest BCUT2D eigenvalue weighted by atomic mass is 9.90. The summed E-state index contributed by atoms with van der Waals surface area (Å²) in [5.74, 6) is 2.37. The van der Waals surface area contributed by atoms with Crippen molar-refractivity contribution in [3.63, 3.8) is 0 Å². The Labute approximate surface area is 136 Å². The Morgan fingerprint density at radius 2 is 1.96 bits per heavy atom. The third kappa shape index (κ3) is 3.47. The van der Waals surface area contributed by atoms with Gasteiger partial charge in [-0.05, 0) is 50.5 Å². The fourth-order valence-electron chi connectivity index (χ4n) is 3.25. The summed E-state index contributed by atoms with van der Waals surface area (Å²) < 4.78 is 0. The molecule has 0 spiro atoms. The molecule has 1 aliphatic heterocycles. The van der Waals surface area contributed by atoms with E-state index in [0.29, 0.717) is 12.0 Å². The smallest absolute Gasteiger partial charge is 0.249 e. The molecule has 1 aromatic heterocycles. The topological polar surface area (TPSA) is 78.4 Å². The molecule has 3 fully saturated rings. The van der Waals surface area contributed by atoms with Gasteiger partial charge in [-0.3, -0.25) is 4.79 Å². The maximum Gasteiger partial charge on any atom is 0.249 e. The van der Waals surface area contributed by atoms with Crippen LogP contribution in [-0.4, -0.2) is 46.2 Å². The fourth-order valence-corrected chi connectivity index (χ4v) is 3.25. The van der Waals surface area contributed by atoms with Gasteiger partial charge in [0.2, 0.25) is 5.91 Å². The number of hydrogen-bond donors (Lipinski definition) is 2. The molecule has 3 aliphatic rings. The zero-order chi connectivity index (χ0) is 15.8. The standard InChI is InChI=1S/C17H24N4O2/c22-15(17(23)19-13-3-4-13)11-6-9-21(10-7-11)14-5-8-18-16(20-14)12-1-2-12/h5,8,11-13,15,22H,1-4,6-7,9-10H2,(H,19,23)/t15-/m0/s1. The summed E-state index contributed by atoms with van der Waals surface area (Å²) in [5, 5.41) is 13.1. The van der Waals surface area contributed by atoms with Gasteiger partial charge in [0.15, 0.2) is 0 Å². The van der Waals surface area contributed by atoms with Crippen LogP contribution in [0.2, 0.25) is 0 Å². The van der Waals surface area contributed by atoms with Gasteiger partial charge in [-0.2, -0.15) is 0 Å². The van der Waals surface area contributed by atoms with E-state index in [9.17, 15) is 9.90 Å². The third-order valence-corrected chi connectivity index (χ3v) is 5.10. The van der Waals surface area contributed by atoms with E-state index in [1.165, 1.54) is 12.8 Å². The number of rotatable bonds is 5. The number of nitrogens with zero attached hydrogens (tertiary/aromatic N) is 3. The molecule has 6 nitrogen and oxygen atoms in total.